The van der Waals surface area contributed by atoms with E-state index in [0.717, 1.165) is 17.7 Å². The molecule has 4 nitrogen and oxygen atoms in total. The third kappa shape index (κ3) is 1.99. The Labute approximate surface area is 96.5 Å². The molecule has 2 rings (SSSR count). The molecule has 0 saturated carbocycles. The largest absolute Gasteiger partial charge is 0.477 e. The van der Waals surface area contributed by atoms with E-state index < -0.39 is 5.97 Å². The average molecular weight is 237 g/mol. The van der Waals surface area contributed by atoms with E-state index in [0.29, 0.717) is 5.76 Å². The Balaban J connectivity index is 2.35. The first kappa shape index (κ1) is 10.9. The molecule has 0 aromatic carbocycles. The molecule has 0 aliphatic heterocycles. The second-order valence-corrected chi connectivity index (χ2v) is 4.56. The smallest absolute Gasteiger partial charge is 0.341 e. The lowest BCUT2D eigenvalue weighted by Gasteiger charge is -1.92. The fourth-order valence-electron chi connectivity index (χ4n) is 1.45. The maximum absolute atomic E-state index is 10.9. The van der Waals surface area contributed by atoms with Crippen molar-refractivity contribution in [1.82, 2.24) is 5.16 Å². The predicted octanol–water partition coefficient (Wildman–Crippen LogP) is 3.05. The molecule has 2 aromatic rings. The number of thiophene rings is 1. The summed E-state index contributed by atoms with van der Waals surface area (Å²) in [6, 6.07) is 3.88. The highest BCUT2D eigenvalue weighted by Gasteiger charge is 2.18. The first-order chi connectivity index (χ1) is 7.72. The lowest BCUT2D eigenvalue weighted by molar-refractivity contribution is 0.0697. The van der Waals surface area contributed by atoms with Crippen LogP contribution >= 0.6 is 11.3 Å². The van der Waals surface area contributed by atoms with Crippen molar-refractivity contribution in [2.75, 3.05) is 0 Å². The van der Waals surface area contributed by atoms with Crippen molar-refractivity contribution in [3.05, 3.63) is 28.8 Å². The van der Waals surface area contributed by atoms with Gasteiger partial charge in [-0.1, -0.05) is 18.5 Å². The first-order valence-corrected chi connectivity index (χ1v) is 5.81. The number of nitrogens with zero attached hydrogens (tertiary/aromatic N) is 1. The molecule has 0 amide bonds. The van der Waals surface area contributed by atoms with Gasteiger partial charge in [-0.05, 0) is 18.6 Å². The molecule has 2 heterocycles. The Kier molecular flexibility index (Phi) is 3.05. The summed E-state index contributed by atoms with van der Waals surface area (Å²) >= 11 is 1.55. The van der Waals surface area contributed by atoms with E-state index in [2.05, 4.69) is 12.1 Å². The van der Waals surface area contributed by atoms with Crippen LogP contribution in [0, 0.1) is 0 Å². The zero-order valence-corrected chi connectivity index (χ0v) is 9.58. The molecular weight excluding hydrogens is 226 g/mol. The lowest BCUT2D eigenvalue weighted by Crippen LogP contribution is -1.94. The number of aromatic carboxylic acids is 1. The second-order valence-electron chi connectivity index (χ2n) is 3.39. The second kappa shape index (κ2) is 4.49. The fourth-order valence-corrected chi connectivity index (χ4v) is 2.55. The Hall–Kier alpha value is -1.62. The Morgan fingerprint density at radius 2 is 2.38 bits per heavy atom. The van der Waals surface area contributed by atoms with Gasteiger partial charge in [0.1, 0.15) is 5.56 Å². The molecule has 84 valence electrons. The Bertz CT molecular complexity index is 501. The maximum Gasteiger partial charge on any atom is 0.341 e. The number of hydrogen-bond acceptors (Lipinski definition) is 4. The van der Waals surface area contributed by atoms with Gasteiger partial charge in [-0.3, -0.25) is 0 Å². The van der Waals surface area contributed by atoms with E-state index in [1.165, 1.54) is 11.1 Å². The van der Waals surface area contributed by atoms with Gasteiger partial charge in [-0.2, -0.15) is 0 Å². The van der Waals surface area contributed by atoms with Crippen LogP contribution in [-0.2, 0) is 6.42 Å². The summed E-state index contributed by atoms with van der Waals surface area (Å²) < 4.78 is 4.98. The van der Waals surface area contributed by atoms with E-state index in [1.54, 1.807) is 11.3 Å². The van der Waals surface area contributed by atoms with Crippen LogP contribution in [-0.4, -0.2) is 16.2 Å². The number of carboxylic acid groups (broad SMARTS) is 1. The van der Waals surface area contributed by atoms with Crippen molar-refractivity contribution in [2.45, 2.75) is 19.8 Å². The highest BCUT2D eigenvalue weighted by atomic mass is 32.1. The average Bonchev–Trinajstić information content (AvgIpc) is 2.83. The summed E-state index contributed by atoms with van der Waals surface area (Å²) in [4.78, 5) is 12.9. The van der Waals surface area contributed by atoms with Gasteiger partial charge in [0, 0.05) is 4.88 Å². The van der Waals surface area contributed by atoms with Gasteiger partial charge in [0.25, 0.3) is 0 Å². The van der Waals surface area contributed by atoms with Crippen molar-refractivity contribution >= 4 is 17.3 Å². The molecule has 0 fully saturated rings. The number of hydrogen-bond donors (Lipinski definition) is 1. The number of rotatable bonds is 4. The van der Waals surface area contributed by atoms with E-state index in [9.17, 15) is 4.79 Å². The zero-order valence-electron chi connectivity index (χ0n) is 8.77. The van der Waals surface area contributed by atoms with Gasteiger partial charge in [0.15, 0.2) is 5.76 Å². The van der Waals surface area contributed by atoms with Crippen LogP contribution in [0.2, 0.25) is 0 Å². The van der Waals surface area contributed by atoms with Crippen molar-refractivity contribution in [2.24, 2.45) is 0 Å². The fraction of sp³-hybridized carbons (Fsp3) is 0.273. The third-order valence-electron chi connectivity index (χ3n) is 2.18. The quantitative estimate of drug-likeness (QED) is 0.887. The van der Waals surface area contributed by atoms with Crippen LogP contribution in [0.1, 0.15) is 28.6 Å². The minimum Gasteiger partial charge on any atom is -0.477 e. The van der Waals surface area contributed by atoms with Gasteiger partial charge in [-0.25, -0.2) is 4.79 Å². The molecule has 0 bridgehead atoms. The van der Waals surface area contributed by atoms with Crippen molar-refractivity contribution in [3.8, 4) is 10.6 Å². The van der Waals surface area contributed by atoms with E-state index in [1.807, 2.05) is 12.1 Å². The summed E-state index contributed by atoms with van der Waals surface area (Å²) in [6.45, 7) is 2.11. The Morgan fingerprint density at radius 1 is 1.56 bits per heavy atom. The number of aryl methyl sites for hydroxylation is 1. The molecule has 2 aromatic heterocycles. The molecule has 0 atom stereocenters. The minimum atomic E-state index is -1.01. The molecule has 0 radical (unpaired) electrons. The van der Waals surface area contributed by atoms with Crippen molar-refractivity contribution < 1.29 is 14.4 Å². The van der Waals surface area contributed by atoms with Crippen LogP contribution in [0.5, 0.6) is 0 Å². The first-order valence-electron chi connectivity index (χ1n) is 4.99. The highest BCUT2D eigenvalue weighted by molar-refractivity contribution is 7.15. The number of carbonyl (C=O) groups is 1. The van der Waals surface area contributed by atoms with E-state index in [-0.39, 0.29) is 5.56 Å². The van der Waals surface area contributed by atoms with Gasteiger partial charge in [0.2, 0.25) is 0 Å². The predicted molar refractivity (Wildman–Crippen MR) is 60.8 cm³/mol. The monoisotopic (exact) mass is 237 g/mol. The molecule has 1 N–H and O–H groups in total. The standard InChI is InChI=1S/C11H11NO3S/c1-2-3-7-4-5-9(16-7)10-8(11(13)14)6-12-15-10/h4-6H,2-3H2,1H3,(H,13,14). The summed E-state index contributed by atoms with van der Waals surface area (Å²) in [6.07, 6.45) is 3.31. The molecule has 16 heavy (non-hydrogen) atoms. The number of carboxylic acids is 1. The van der Waals surface area contributed by atoms with Gasteiger partial charge >= 0.3 is 5.97 Å². The topological polar surface area (TPSA) is 63.3 Å². The number of aromatic nitrogens is 1. The summed E-state index contributed by atoms with van der Waals surface area (Å²) in [7, 11) is 0. The van der Waals surface area contributed by atoms with Gasteiger partial charge in [0.05, 0.1) is 11.1 Å². The van der Waals surface area contributed by atoms with E-state index >= 15 is 0 Å². The SMILES string of the molecule is CCCc1ccc(-c2oncc2C(=O)O)s1. The van der Waals surface area contributed by atoms with Crippen molar-refractivity contribution in [3.63, 3.8) is 0 Å². The molecular formula is C11H11NO3S. The molecule has 0 aliphatic rings. The highest BCUT2D eigenvalue weighted by Crippen LogP contribution is 2.31. The van der Waals surface area contributed by atoms with Crippen LogP contribution in [0.3, 0.4) is 0 Å². The van der Waals surface area contributed by atoms with Gasteiger partial charge in [-0.15, -0.1) is 11.3 Å². The zero-order chi connectivity index (χ0) is 11.5. The van der Waals surface area contributed by atoms with Crippen molar-refractivity contribution in [1.29, 1.82) is 0 Å². The molecule has 5 heteroatoms. The van der Waals surface area contributed by atoms with Gasteiger partial charge < -0.3 is 9.63 Å². The van der Waals surface area contributed by atoms with Crippen LogP contribution < -0.4 is 0 Å². The van der Waals surface area contributed by atoms with Crippen LogP contribution in [0.25, 0.3) is 10.6 Å². The Morgan fingerprint density at radius 3 is 3.06 bits per heavy atom. The van der Waals surface area contributed by atoms with Crippen LogP contribution in [0.15, 0.2) is 22.9 Å². The molecule has 0 saturated heterocycles. The summed E-state index contributed by atoms with van der Waals surface area (Å²) in [5, 5.41) is 12.5. The molecule has 0 unspecified atom stereocenters. The van der Waals surface area contributed by atoms with Crippen LogP contribution in [0.4, 0.5) is 0 Å². The molecule has 0 spiro atoms. The third-order valence-corrected chi connectivity index (χ3v) is 3.33. The normalized spacial score (nSPS) is 10.6. The molecule has 0 aliphatic carbocycles. The minimum absolute atomic E-state index is 0.116. The lowest BCUT2D eigenvalue weighted by atomic mass is 10.2. The summed E-state index contributed by atoms with van der Waals surface area (Å²) in [5.74, 6) is -0.665. The van der Waals surface area contributed by atoms with E-state index in [4.69, 9.17) is 9.63 Å². The summed E-state index contributed by atoms with van der Waals surface area (Å²) in [5.41, 5.74) is 0.116. The maximum atomic E-state index is 10.9.